The van der Waals surface area contributed by atoms with Crippen LogP contribution in [0.1, 0.15) is 36.4 Å². The van der Waals surface area contributed by atoms with Gasteiger partial charge in [-0.05, 0) is 48.3 Å². The van der Waals surface area contributed by atoms with Gasteiger partial charge in [0, 0.05) is 6.04 Å². The van der Waals surface area contributed by atoms with E-state index in [-0.39, 0.29) is 6.04 Å². The fourth-order valence-corrected chi connectivity index (χ4v) is 2.91. The maximum absolute atomic E-state index is 6.35. The van der Waals surface area contributed by atoms with Gasteiger partial charge < -0.3 is 10.5 Å². The Hall–Kier alpha value is -1.02. The van der Waals surface area contributed by atoms with Gasteiger partial charge >= 0.3 is 0 Å². The molecule has 2 aliphatic carbocycles. The highest BCUT2D eigenvalue weighted by Crippen LogP contribution is 2.60. The summed E-state index contributed by atoms with van der Waals surface area (Å²) >= 11 is 0. The Labute approximate surface area is 90.4 Å². The molecule has 0 saturated heterocycles. The molecule has 0 aromatic heterocycles. The first-order valence-corrected chi connectivity index (χ1v) is 5.68. The molecule has 2 N–H and O–H groups in total. The summed E-state index contributed by atoms with van der Waals surface area (Å²) in [6, 6.07) is 6.49. The molecule has 80 valence electrons. The van der Waals surface area contributed by atoms with Crippen LogP contribution in [0.5, 0.6) is 5.75 Å². The Morgan fingerprint density at radius 3 is 2.80 bits per heavy atom. The fourth-order valence-electron chi connectivity index (χ4n) is 2.91. The zero-order valence-electron chi connectivity index (χ0n) is 9.12. The molecule has 0 heterocycles. The summed E-state index contributed by atoms with van der Waals surface area (Å²) in [6.45, 7) is 0. The van der Waals surface area contributed by atoms with Crippen molar-refractivity contribution in [2.75, 3.05) is 7.11 Å². The zero-order valence-corrected chi connectivity index (χ0v) is 9.12. The largest absolute Gasteiger partial charge is 0.496 e. The molecule has 1 saturated carbocycles. The van der Waals surface area contributed by atoms with E-state index in [0.29, 0.717) is 5.41 Å². The normalized spacial score (nSPS) is 26.1. The lowest BCUT2D eigenvalue weighted by atomic mass is 9.77. The number of fused-ring (bicyclic) bond motifs is 1. The quantitative estimate of drug-likeness (QED) is 0.760. The maximum Gasteiger partial charge on any atom is 0.122 e. The van der Waals surface area contributed by atoms with Gasteiger partial charge in [-0.15, -0.1) is 0 Å². The Bertz CT molecular complexity index is 396. The van der Waals surface area contributed by atoms with Crippen molar-refractivity contribution in [2.45, 2.75) is 31.7 Å². The number of rotatable bonds is 1. The summed E-state index contributed by atoms with van der Waals surface area (Å²) in [7, 11) is 1.74. The highest BCUT2D eigenvalue weighted by Gasteiger charge is 2.50. The van der Waals surface area contributed by atoms with Gasteiger partial charge in [0.25, 0.3) is 0 Å². The first-order chi connectivity index (χ1) is 7.27. The van der Waals surface area contributed by atoms with Crippen LogP contribution < -0.4 is 10.5 Å². The van der Waals surface area contributed by atoms with E-state index in [1.165, 1.54) is 30.4 Å². The number of hydrogen-bond donors (Lipinski definition) is 1. The molecule has 2 heteroatoms. The predicted octanol–water partition coefficient (Wildman–Crippen LogP) is 2.42. The van der Waals surface area contributed by atoms with Crippen molar-refractivity contribution in [1.82, 2.24) is 0 Å². The van der Waals surface area contributed by atoms with Crippen LogP contribution in [0.15, 0.2) is 18.2 Å². The minimum Gasteiger partial charge on any atom is -0.496 e. The van der Waals surface area contributed by atoms with Crippen LogP contribution in [0.3, 0.4) is 0 Å². The Kier molecular flexibility index (Phi) is 1.84. The lowest BCUT2D eigenvalue weighted by Crippen LogP contribution is -2.28. The van der Waals surface area contributed by atoms with Gasteiger partial charge in [0.1, 0.15) is 5.75 Å². The molecule has 0 radical (unpaired) electrons. The Morgan fingerprint density at radius 2 is 2.13 bits per heavy atom. The molecule has 3 rings (SSSR count). The molecule has 15 heavy (non-hydrogen) atoms. The second kappa shape index (κ2) is 2.99. The van der Waals surface area contributed by atoms with Gasteiger partial charge in [-0.2, -0.15) is 0 Å². The molecule has 1 aromatic carbocycles. The topological polar surface area (TPSA) is 35.2 Å². The lowest BCUT2D eigenvalue weighted by molar-refractivity contribution is 0.341. The fraction of sp³-hybridized carbons (Fsp3) is 0.538. The van der Waals surface area contributed by atoms with Crippen LogP contribution in [0, 0.1) is 5.41 Å². The molecule has 2 aliphatic rings. The number of methoxy groups -OCH3 is 1. The van der Waals surface area contributed by atoms with Gasteiger partial charge in [0.15, 0.2) is 0 Å². The van der Waals surface area contributed by atoms with Crippen LogP contribution >= 0.6 is 0 Å². The third-order valence-electron chi connectivity index (χ3n) is 4.15. The Balaban J connectivity index is 2.08. The molecular formula is C13H17NO. The maximum atomic E-state index is 6.35. The van der Waals surface area contributed by atoms with Crippen molar-refractivity contribution >= 4 is 0 Å². The van der Waals surface area contributed by atoms with Crippen LogP contribution in [-0.4, -0.2) is 7.11 Å². The first-order valence-electron chi connectivity index (χ1n) is 5.68. The molecule has 1 spiro atoms. The average Bonchev–Trinajstić information content (AvgIpc) is 3.04. The number of nitrogens with two attached hydrogens (primary N) is 1. The van der Waals surface area contributed by atoms with Gasteiger partial charge in [0.05, 0.1) is 7.11 Å². The molecule has 0 amide bonds. The highest BCUT2D eigenvalue weighted by molar-refractivity contribution is 5.45. The van der Waals surface area contributed by atoms with Crippen molar-refractivity contribution < 1.29 is 4.74 Å². The van der Waals surface area contributed by atoms with Crippen molar-refractivity contribution in [2.24, 2.45) is 11.1 Å². The van der Waals surface area contributed by atoms with Crippen molar-refractivity contribution in [3.05, 3.63) is 29.3 Å². The molecule has 0 aliphatic heterocycles. The van der Waals surface area contributed by atoms with Gasteiger partial charge in [-0.25, -0.2) is 0 Å². The zero-order chi connectivity index (χ0) is 10.5. The van der Waals surface area contributed by atoms with Crippen LogP contribution in [0.2, 0.25) is 0 Å². The third kappa shape index (κ3) is 1.21. The summed E-state index contributed by atoms with van der Waals surface area (Å²) in [5.41, 5.74) is 9.45. The summed E-state index contributed by atoms with van der Waals surface area (Å²) in [5, 5.41) is 0. The van der Waals surface area contributed by atoms with Crippen molar-refractivity contribution in [1.29, 1.82) is 0 Å². The van der Waals surface area contributed by atoms with Gasteiger partial charge in [-0.3, -0.25) is 0 Å². The van der Waals surface area contributed by atoms with E-state index in [1.807, 2.05) is 6.07 Å². The summed E-state index contributed by atoms with van der Waals surface area (Å²) in [6.07, 6.45) is 4.99. The number of hydrogen-bond acceptors (Lipinski definition) is 2. The van der Waals surface area contributed by atoms with E-state index >= 15 is 0 Å². The van der Waals surface area contributed by atoms with E-state index in [0.717, 1.165) is 12.2 Å². The second-order valence-electron chi connectivity index (χ2n) is 4.87. The van der Waals surface area contributed by atoms with Crippen LogP contribution in [-0.2, 0) is 6.42 Å². The monoisotopic (exact) mass is 203 g/mol. The summed E-state index contributed by atoms with van der Waals surface area (Å²) < 4.78 is 5.39. The van der Waals surface area contributed by atoms with Crippen LogP contribution in [0.25, 0.3) is 0 Å². The van der Waals surface area contributed by atoms with Gasteiger partial charge in [-0.1, -0.05) is 12.1 Å². The number of benzene rings is 1. The minimum atomic E-state index is 0.233. The van der Waals surface area contributed by atoms with E-state index < -0.39 is 0 Å². The third-order valence-corrected chi connectivity index (χ3v) is 4.15. The van der Waals surface area contributed by atoms with Crippen molar-refractivity contribution in [3.8, 4) is 5.75 Å². The van der Waals surface area contributed by atoms with E-state index in [1.54, 1.807) is 7.11 Å². The Morgan fingerprint density at radius 1 is 1.33 bits per heavy atom. The molecular weight excluding hydrogens is 186 g/mol. The smallest absolute Gasteiger partial charge is 0.122 e. The molecule has 0 bridgehead atoms. The van der Waals surface area contributed by atoms with Gasteiger partial charge in [0.2, 0.25) is 0 Å². The second-order valence-corrected chi connectivity index (χ2v) is 4.87. The molecule has 2 nitrogen and oxygen atoms in total. The van der Waals surface area contributed by atoms with E-state index in [4.69, 9.17) is 10.5 Å². The molecule has 1 aromatic rings. The van der Waals surface area contributed by atoms with Crippen molar-refractivity contribution in [3.63, 3.8) is 0 Å². The average molecular weight is 203 g/mol. The summed E-state index contributed by atoms with van der Waals surface area (Å²) in [4.78, 5) is 0. The lowest BCUT2D eigenvalue weighted by Gasteiger charge is -2.32. The minimum absolute atomic E-state index is 0.233. The highest BCUT2D eigenvalue weighted by atomic mass is 16.5. The summed E-state index contributed by atoms with van der Waals surface area (Å²) in [5.74, 6) is 1.01. The van der Waals surface area contributed by atoms with E-state index in [9.17, 15) is 0 Å². The standard InChI is InChI=1S/C13H17NO/c1-15-11-4-2-3-10-9(11)5-6-13(7-8-13)12(10)14/h2-4,12H,5-8,14H2,1H3. The molecule has 1 unspecified atom stereocenters. The van der Waals surface area contributed by atoms with E-state index in [2.05, 4.69) is 12.1 Å². The molecule has 1 fully saturated rings. The predicted molar refractivity (Wildman–Crippen MR) is 59.9 cm³/mol. The molecule has 1 atom stereocenters. The SMILES string of the molecule is COc1cccc2c1CCC1(CC1)C2N. The first kappa shape index (κ1) is 9.22. The van der Waals surface area contributed by atoms with Crippen LogP contribution in [0.4, 0.5) is 0 Å². The number of ether oxygens (including phenoxy) is 1.